The van der Waals surface area contributed by atoms with E-state index in [1.807, 2.05) is 0 Å². The molecule has 95 valence electrons. The van der Waals surface area contributed by atoms with E-state index in [0.29, 0.717) is 6.42 Å². The lowest BCUT2D eigenvalue weighted by atomic mass is 10.1. The van der Waals surface area contributed by atoms with Gasteiger partial charge in [0.2, 0.25) is 5.82 Å². The fourth-order valence-electron chi connectivity index (χ4n) is 1.83. The zero-order valence-corrected chi connectivity index (χ0v) is 10.7. The summed E-state index contributed by atoms with van der Waals surface area (Å²) in [5.41, 5.74) is -1.26. The molecule has 1 atom stereocenters. The SMILES string of the molecule is CCC(c1c(F)c(F)c(F)c(F)c1F)[Si](C)C. The topological polar surface area (TPSA) is 0 Å². The van der Waals surface area contributed by atoms with Crippen molar-refractivity contribution in [1.82, 2.24) is 0 Å². The molecular weight excluding hydrogens is 255 g/mol. The molecule has 0 nitrogen and oxygen atoms in total. The highest BCUT2D eigenvalue weighted by atomic mass is 28.3. The van der Waals surface area contributed by atoms with Gasteiger partial charge < -0.3 is 0 Å². The number of benzene rings is 1. The van der Waals surface area contributed by atoms with E-state index in [1.54, 1.807) is 20.0 Å². The fourth-order valence-corrected chi connectivity index (χ4v) is 3.48. The summed E-state index contributed by atoms with van der Waals surface area (Å²) >= 11 is 0. The molecule has 1 rings (SSSR count). The molecule has 0 saturated carbocycles. The molecule has 6 heteroatoms. The first-order valence-electron chi connectivity index (χ1n) is 5.14. The standard InChI is InChI=1S/C11H12F5Si/c1-4-5(17(2)3)6-7(12)9(14)11(16)10(15)8(6)13/h5H,4H2,1-3H3. The Labute approximate surface area is 98.1 Å². The molecule has 0 N–H and O–H groups in total. The minimum atomic E-state index is -2.10. The van der Waals surface area contributed by atoms with Crippen molar-refractivity contribution in [1.29, 1.82) is 0 Å². The van der Waals surface area contributed by atoms with Crippen LogP contribution in [0.4, 0.5) is 22.0 Å². The molecule has 0 amide bonds. The Morgan fingerprint density at radius 3 is 1.47 bits per heavy atom. The van der Waals surface area contributed by atoms with Gasteiger partial charge >= 0.3 is 0 Å². The Balaban J connectivity index is 3.53. The third kappa shape index (κ3) is 2.36. The highest BCUT2D eigenvalue weighted by Crippen LogP contribution is 2.32. The second-order valence-electron chi connectivity index (χ2n) is 4.02. The molecule has 0 aliphatic carbocycles. The third-order valence-corrected chi connectivity index (χ3v) is 4.79. The van der Waals surface area contributed by atoms with Crippen molar-refractivity contribution in [3.8, 4) is 0 Å². The summed E-state index contributed by atoms with van der Waals surface area (Å²) in [4.78, 5) is 0. The van der Waals surface area contributed by atoms with Crippen LogP contribution in [0.3, 0.4) is 0 Å². The van der Waals surface area contributed by atoms with Gasteiger partial charge in [0.1, 0.15) is 0 Å². The van der Waals surface area contributed by atoms with Crippen LogP contribution in [-0.2, 0) is 0 Å². The Bertz CT molecular complexity index is 401. The van der Waals surface area contributed by atoms with E-state index < -0.39 is 49.0 Å². The van der Waals surface area contributed by atoms with Gasteiger partial charge in [0.05, 0.1) is 0 Å². The average molecular weight is 267 g/mol. The number of hydrogen-bond acceptors (Lipinski definition) is 0. The lowest BCUT2D eigenvalue weighted by molar-refractivity contribution is 0.368. The minimum Gasteiger partial charge on any atom is -0.203 e. The first kappa shape index (κ1) is 14.1. The first-order valence-corrected chi connectivity index (χ1v) is 7.71. The van der Waals surface area contributed by atoms with E-state index in [9.17, 15) is 22.0 Å². The smallest absolute Gasteiger partial charge is 0.200 e. The number of hydrogen-bond donors (Lipinski definition) is 0. The molecule has 1 aromatic carbocycles. The Morgan fingerprint density at radius 2 is 1.18 bits per heavy atom. The molecule has 1 radical (unpaired) electrons. The van der Waals surface area contributed by atoms with Crippen LogP contribution >= 0.6 is 0 Å². The normalized spacial score (nSPS) is 13.2. The summed E-state index contributed by atoms with van der Waals surface area (Å²) in [6.07, 6.45) is 0.347. The lowest BCUT2D eigenvalue weighted by Gasteiger charge is -2.20. The molecular formula is C11H12F5Si. The third-order valence-electron chi connectivity index (χ3n) is 2.70. The number of halogens is 5. The summed E-state index contributed by atoms with van der Waals surface area (Å²) in [6.45, 7) is 5.22. The molecule has 0 saturated heterocycles. The molecule has 0 aromatic heterocycles. The highest BCUT2D eigenvalue weighted by molar-refractivity contribution is 6.57. The summed E-state index contributed by atoms with van der Waals surface area (Å²) in [7, 11) is -1.20. The zero-order chi connectivity index (χ0) is 13.3. The fraction of sp³-hybridized carbons (Fsp3) is 0.455. The Hall–Kier alpha value is -0.913. The maximum Gasteiger partial charge on any atom is 0.200 e. The molecule has 17 heavy (non-hydrogen) atoms. The maximum absolute atomic E-state index is 13.5. The van der Waals surface area contributed by atoms with Crippen molar-refractivity contribution in [2.75, 3.05) is 0 Å². The molecule has 0 aliphatic heterocycles. The second-order valence-corrected chi connectivity index (χ2v) is 6.87. The van der Waals surface area contributed by atoms with Crippen molar-refractivity contribution in [3.05, 3.63) is 34.6 Å². The van der Waals surface area contributed by atoms with Crippen molar-refractivity contribution in [2.45, 2.75) is 32.0 Å². The van der Waals surface area contributed by atoms with Crippen molar-refractivity contribution in [3.63, 3.8) is 0 Å². The van der Waals surface area contributed by atoms with E-state index in [2.05, 4.69) is 0 Å². The first-order chi connectivity index (χ1) is 7.82. The molecule has 0 bridgehead atoms. The van der Waals surface area contributed by atoms with Gasteiger partial charge in [-0.2, -0.15) is 0 Å². The predicted molar refractivity (Wildman–Crippen MR) is 56.7 cm³/mol. The largest absolute Gasteiger partial charge is 0.203 e. The van der Waals surface area contributed by atoms with E-state index in [1.165, 1.54) is 0 Å². The Kier molecular flexibility index (Phi) is 4.29. The molecule has 0 fully saturated rings. The van der Waals surface area contributed by atoms with Gasteiger partial charge in [-0.3, -0.25) is 0 Å². The zero-order valence-electron chi connectivity index (χ0n) is 9.67. The summed E-state index contributed by atoms with van der Waals surface area (Å²) in [6, 6.07) is 0. The highest BCUT2D eigenvalue weighted by Gasteiger charge is 2.31. The van der Waals surface area contributed by atoms with Crippen LogP contribution in [-0.4, -0.2) is 8.80 Å². The van der Waals surface area contributed by atoms with Crippen molar-refractivity contribution in [2.24, 2.45) is 0 Å². The van der Waals surface area contributed by atoms with Gasteiger partial charge in [0.25, 0.3) is 0 Å². The number of rotatable bonds is 3. The van der Waals surface area contributed by atoms with Crippen molar-refractivity contribution >= 4 is 8.80 Å². The quantitative estimate of drug-likeness (QED) is 0.334. The second kappa shape index (κ2) is 5.16. The monoisotopic (exact) mass is 267 g/mol. The molecule has 1 aromatic rings. The van der Waals surface area contributed by atoms with Crippen LogP contribution in [0.25, 0.3) is 0 Å². The van der Waals surface area contributed by atoms with E-state index >= 15 is 0 Å². The van der Waals surface area contributed by atoms with Crippen molar-refractivity contribution < 1.29 is 22.0 Å². The molecule has 0 spiro atoms. The van der Waals surface area contributed by atoms with E-state index in [-0.39, 0.29) is 0 Å². The van der Waals surface area contributed by atoms with E-state index in [4.69, 9.17) is 0 Å². The van der Waals surface area contributed by atoms with Crippen LogP contribution in [0.1, 0.15) is 24.4 Å². The maximum atomic E-state index is 13.5. The summed E-state index contributed by atoms with van der Waals surface area (Å²) < 4.78 is 65.9. The molecule has 0 heterocycles. The minimum absolute atomic E-state index is 0.347. The van der Waals surface area contributed by atoms with Gasteiger partial charge in [-0.15, -0.1) is 0 Å². The van der Waals surface area contributed by atoms with Gasteiger partial charge in [-0.1, -0.05) is 26.4 Å². The van der Waals surface area contributed by atoms with Gasteiger partial charge in [-0.05, 0) is 5.54 Å². The van der Waals surface area contributed by atoms with Crippen LogP contribution in [0.15, 0.2) is 0 Å². The van der Waals surface area contributed by atoms with Gasteiger partial charge in [0, 0.05) is 14.4 Å². The van der Waals surface area contributed by atoms with E-state index in [0.717, 1.165) is 0 Å². The average Bonchev–Trinajstić information content (AvgIpc) is 2.29. The lowest BCUT2D eigenvalue weighted by Crippen LogP contribution is -2.20. The van der Waals surface area contributed by atoms with Crippen LogP contribution < -0.4 is 0 Å². The summed E-state index contributed by atoms with van der Waals surface area (Å²) in [5, 5.41) is 0. The molecule has 0 aliphatic rings. The summed E-state index contributed by atoms with van der Waals surface area (Å²) in [5.74, 6) is -9.21. The predicted octanol–water partition coefficient (Wildman–Crippen LogP) is 4.17. The van der Waals surface area contributed by atoms with Gasteiger partial charge in [0.15, 0.2) is 23.3 Å². The Morgan fingerprint density at radius 1 is 0.824 bits per heavy atom. The van der Waals surface area contributed by atoms with Crippen LogP contribution in [0, 0.1) is 29.1 Å². The van der Waals surface area contributed by atoms with Crippen LogP contribution in [0.5, 0.6) is 0 Å². The van der Waals surface area contributed by atoms with Gasteiger partial charge in [-0.25, -0.2) is 22.0 Å². The van der Waals surface area contributed by atoms with Crippen LogP contribution in [0.2, 0.25) is 13.1 Å². The molecule has 1 unspecified atom stereocenters.